The number of carbonyl (C=O) groups is 2. The average Bonchev–Trinajstić information content (AvgIpc) is 2.56. The van der Waals surface area contributed by atoms with E-state index < -0.39 is 0 Å². The number of carbonyl (C=O) groups excluding carboxylic acids is 2. The Morgan fingerprint density at radius 2 is 1.83 bits per heavy atom. The number of hydrogen-bond acceptors (Lipinski definition) is 4. The van der Waals surface area contributed by atoms with Crippen molar-refractivity contribution in [1.82, 2.24) is 10.6 Å². The quantitative estimate of drug-likeness (QED) is 0.563. The lowest BCUT2D eigenvalue weighted by molar-refractivity contribution is -0.124. The Hall–Kier alpha value is -2.50. The van der Waals surface area contributed by atoms with E-state index in [2.05, 4.69) is 10.6 Å². The normalized spacial score (nSPS) is 10.7. The number of amides is 2. The molecule has 126 valence electrons. The standard InChI is InChI=1S/C17H24N2O4/c1-12(2)17(21)19-10-9-18-16(20)8-5-13-11-14(22-3)6-7-15(13)23-4/h5-8,11-12H,9-10H2,1-4H3,(H,18,20)(H,19,21). The zero-order chi connectivity index (χ0) is 17.2. The Balaban J connectivity index is 2.50. The molecule has 0 unspecified atom stereocenters. The Morgan fingerprint density at radius 1 is 1.13 bits per heavy atom. The number of rotatable bonds is 8. The van der Waals surface area contributed by atoms with Gasteiger partial charge in [-0.25, -0.2) is 0 Å². The molecule has 0 heterocycles. The highest BCUT2D eigenvalue weighted by molar-refractivity contribution is 5.92. The maximum atomic E-state index is 11.8. The zero-order valence-corrected chi connectivity index (χ0v) is 14.0. The molecule has 1 aromatic carbocycles. The minimum Gasteiger partial charge on any atom is -0.497 e. The third-order valence-corrected chi connectivity index (χ3v) is 3.10. The van der Waals surface area contributed by atoms with E-state index in [0.717, 1.165) is 5.56 Å². The third-order valence-electron chi connectivity index (χ3n) is 3.10. The van der Waals surface area contributed by atoms with Gasteiger partial charge in [-0.2, -0.15) is 0 Å². The van der Waals surface area contributed by atoms with Crippen molar-refractivity contribution in [3.8, 4) is 11.5 Å². The van der Waals surface area contributed by atoms with E-state index in [1.165, 1.54) is 6.08 Å². The molecule has 6 heteroatoms. The Kier molecular flexibility index (Phi) is 7.66. The van der Waals surface area contributed by atoms with Gasteiger partial charge in [0.25, 0.3) is 0 Å². The second-order valence-corrected chi connectivity index (χ2v) is 5.18. The highest BCUT2D eigenvalue weighted by Crippen LogP contribution is 2.24. The van der Waals surface area contributed by atoms with E-state index in [-0.39, 0.29) is 17.7 Å². The summed E-state index contributed by atoms with van der Waals surface area (Å²) in [5.41, 5.74) is 0.745. The predicted molar refractivity (Wildman–Crippen MR) is 89.4 cm³/mol. The van der Waals surface area contributed by atoms with Gasteiger partial charge in [-0.15, -0.1) is 0 Å². The summed E-state index contributed by atoms with van der Waals surface area (Å²) in [7, 11) is 3.14. The summed E-state index contributed by atoms with van der Waals surface area (Å²) in [5.74, 6) is 0.997. The Labute approximate surface area is 136 Å². The van der Waals surface area contributed by atoms with Crippen molar-refractivity contribution in [2.24, 2.45) is 5.92 Å². The van der Waals surface area contributed by atoms with Crippen LogP contribution in [0.1, 0.15) is 19.4 Å². The molecule has 0 aliphatic rings. The first-order valence-electron chi connectivity index (χ1n) is 7.43. The van der Waals surface area contributed by atoms with E-state index >= 15 is 0 Å². The molecule has 1 rings (SSSR count). The number of benzene rings is 1. The second-order valence-electron chi connectivity index (χ2n) is 5.18. The first-order chi connectivity index (χ1) is 11.0. The van der Waals surface area contributed by atoms with Crippen LogP contribution in [0.3, 0.4) is 0 Å². The maximum absolute atomic E-state index is 11.8. The predicted octanol–water partition coefficient (Wildman–Crippen LogP) is 1.61. The number of ether oxygens (including phenoxy) is 2. The summed E-state index contributed by atoms with van der Waals surface area (Å²) < 4.78 is 10.4. The van der Waals surface area contributed by atoms with Gasteiger partial charge >= 0.3 is 0 Å². The van der Waals surface area contributed by atoms with E-state index in [1.807, 2.05) is 13.8 Å². The average molecular weight is 320 g/mol. The van der Waals surface area contributed by atoms with Crippen LogP contribution in [0, 0.1) is 5.92 Å². The summed E-state index contributed by atoms with van der Waals surface area (Å²) in [6.07, 6.45) is 3.07. The van der Waals surface area contributed by atoms with E-state index in [1.54, 1.807) is 38.5 Å². The molecule has 2 N–H and O–H groups in total. The molecule has 0 spiro atoms. The van der Waals surface area contributed by atoms with Crippen molar-refractivity contribution >= 4 is 17.9 Å². The van der Waals surface area contributed by atoms with Gasteiger partial charge in [-0.1, -0.05) is 13.8 Å². The highest BCUT2D eigenvalue weighted by Gasteiger charge is 2.05. The van der Waals surface area contributed by atoms with Crippen molar-refractivity contribution < 1.29 is 19.1 Å². The number of hydrogen-bond donors (Lipinski definition) is 2. The third kappa shape index (κ3) is 6.42. The van der Waals surface area contributed by atoms with E-state index in [4.69, 9.17) is 9.47 Å². The van der Waals surface area contributed by atoms with Gasteiger partial charge < -0.3 is 20.1 Å². The van der Waals surface area contributed by atoms with Gasteiger partial charge in [-0.3, -0.25) is 9.59 Å². The molecule has 0 saturated carbocycles. The van der Waals surface area contributed by atoms with Crippen LogP contribution in [0.2, 0.25) is 0 Å². The molecule has 0 fully saturated rings. The fraction of sp³-hybridized carbons (Fsp3) is 0.412. The molecular formula is C17H24N2O4. The van der Waals surface area contributed by atoms with Crippen LogP contribution in [0.4, 0.5) is 0 Å². The van der Waals surface area contributed by atoms with Crippen molar-refractivity contribution in [2.45, 2.75) is 13.8 Å². The summed E-state index contributed by atoms with van der Waals surface area (Å²) in [6.45, 7) is 4.41. The van der Waals surface area contributed by atoms with Gasteiger partial charge in [0, 0.05) is 30.6 Å². The van der Waals surface area contributed by atoms with Crippen LogP contribution < -0.4 is 20.1 Å². The van der Waals surface area contributed by atoms with Crippen LogP contribution in [0.5, 0.6) is 11.5 Å². The molecular weight excluding hydrogens is 296 g/mol. The molecule has 0 saturated heterocycles. The lowest BCUT2D eigenvalue weighted by atomic mass is 10.1. The smallest absolute Gasteiger partial charge is 0.244 e. The maximum Gasteiger partial charge on any atom is 0.244 e. The lowest BCUT2D eigenvalue weighted by Crippen LogP contribution is -2.35. The summed E-state index contributed by atoms with van der Waals surface area (Å²) >= 11 is 0. The Bertz CT molecular complexity index is 568. The van der Waals surface area contributed by atoms with Gasteiger partial charge in [0.2, 0.25) is 11.8 Å². The molecule has 0 aliphatic carbocycles. The molecule has 1 aromatic rings. The lowest BCUT2D eigenvalue weighted by Gasteiger charge is -2.08. The fourth-order valence-corrected chi connectivity index (χ4v) is 1.77. The number of methoxy groups -OCH3 is 2. The molecule has 0 atom stereocenters. The van der Waals surface area contributed by atoms with Crippen LogP contribution in [0.25, 0.3) is 6.08 Å². The minimum atomic E-state index is -0.242. The largest absolute Gasteiger partial charge is 0.497 e. The molecule has 23 heavy (non-hydrogen) atoms. The van der Waals surface area contributed by atoms with E-state index in [9.17, 15) is 9.59 Å². The first kappa shape index (κ1) is 18.5. The van der Waals surface area contributed by atoms with Crippen LogP contribution in [-0.2, 0) is 9.59 Å². The van der Waals surface area contributed by atoms with E-state index in [0.29, 0.717) is 24.6 Å². The van der Waals surface area contributed by atoms with Gasteiger partial charge in [0.1, 0.15) is 11.5 Å². The van der Waals surface area contributed by atoms with Crippen LogP contribution in [0.15, 0.2) is 24.3 Å². The van der Waals surface area contributed by atoms with Crippen molar-refractivity contribution in [2.75, 3.05) is 27.3 Å². The van der Waals surface area contributed by atoms with Crippen LogP contribution >= 0.6 is 0 Å². The number of nitrogens with one attached hydrogen (secondary N) is 2. The van der Waals surface area contributed by atoms with Crippen LogP contribution in [-0.4, -0.2) is 39.1 Å². The van der Waals surface area contributed by atoms with Gasteiger partial charge in [0.15, 0.2) is 0 Å². The molecule has 0 aromatic heterocycles. The van der Waals surface area contributed by atoms with Crippen molar-refractivity contribution in [3.05, 3.63) is 29.8 Å². The summed E-state index contributed by atoms with van der Waals surface area (Å²) in [6, 6.07) is 5.34. The highest BCUT2D eigenvalue weighted by atomic mass is 16.5. The summed E-state index contributed by atoms with van der Waals surface area (Å²) in [5, 5.41) is 5.43. The fourth-order valence-electron chi connectivity index (χ4n) is 1.77. The first-order valence-corrected chi connectivity index (χ1v) is 7.43. The molecule has 6 nitrogen and oxygen atoms in total. The minimum absolute atomic E-state index is 0.0316. The topological polar surface area (TPSA) is 76.7 Å². The molecule has 0 bridgehead atoms. The van der Waals surface area contributed by atoms with Crippen molar-refractivity contribution in [1.29, 1.82) is 0 Å². The molecule has 2 amide bonds. The molecule has 0 radical (unpaired) electrons. The molecule has 0 aliphatic heterocycles. The Morgan fingerprint density at radius 3 is 2.43 bits per heavy atom. The van der Waals surface area contributed by atoms with Gasteiger partial charge in [-0.05, 0) is 24.3 Å². The van der Waals surface area contributed by atoms with Gasteiger partial charge in [0.05, 0.1) is 14.2 Å². The zero-order valence-electron chi connectivity index (χ0n) is 14.0. The second kappa shape index (κ2) is 9.50. The summed E-state index contributed by atoms with van der Waals surface area (Å²) in [4.78, 5) is 23.1. The van der Waals surface area contributed by atoms with Crippen molar-refractivity contribution in [3.63, 3.8) is 0 Å². The SMILES string of the molecule is COc1ccc(OC)c(C=CC(=O)NCCNC(=O)C(C)C)c1. The monoisotopic (exact) mass is 320 g/mol.